The number of hydrogen-bond donors (Lipinski definition) is 2. The number of carbonyl (C=O) groups excluding carboxylic acids is 1. The number of benzene rings is 4. The number of nitro benzene ring substituents is 1. The van der Waals surface area contributed by atoms with E-state index in [0.29, 0.717) is 29.7 Å². The molecular formula is C37H36N6O6. The van der Waals surface area contributed by atoms with Gasteiger partial charge < -0.3 is 24.8 Å². The number of hydrogen-bond acceptors (Lipinski definition) is 10. The van der Waals surface area contributed by atoms with Crippen LogP contribution in [-0.2, 0) is 16.1 Å². The monoisotopic (exact) mass is 660 g/mol. The Morgan fingerprint density at radius 2 is 1.65 bits per heavy atom. The molecule has 49 heavy (non-hydrogen) atoms. The van der Waals surface area contributed by atoms with Gasteiger partial charge in [-0.15, -0.1) is 0 Å². The van der Waals surface area contributed by atoms with Crippen LogP contribution in [0.1, 0.15) is 46.0 Å². The van der Waals surface area contributed by atoms with Gasteiger partial charge in [-0.3, -0.25) is 24.8 Å². The van der Waals surface area contributed by atoms with E-state index >= 15 is 0 Å². The molecule has 0 unspecified atom stereocenters. The molecule has 2 N–H and O–H groups in total. The number of anilines is 2. The van der Waals surface area contributed by atoms with Gasteiger partial charge in [0.15, 0.2) is 6.29 Å². The smallest absolute Gasteiger partial charge is 0.275 e. The fourth-order valence-electron chi connectivity index (χ4n) is 6.32. The fraction of sp³-hybridized carbons (Fsp3) is 0.270. The summed E-state index contributed by atoms with van der Waals surface area (Å²) in [6.45, 7) is 3.89. The summed E-state index contributed by atoms with van der Waals surface area (Å²) in [5.41, 5.74) is 5.81. The van der Waals surface area contributed by atoms with Crippen molar-refractivity contribution in [3.05, 3.63) is 136 Å². The van der Waals surface area contributed by atoms with Crippen LogP contribution in [0.3, 0.4) is 0 Å². The number of aliphatic hydroxyl groups is 1. The average molecular weight is 661 g/mol. The summed E-state index contributed by atoms with van der Waals surface area (Å²) in [5, 5.41) is 23.6. The number of non-ortho nitro benzene ring substituents is 1. The zero-order chi connectivity index (χ0) is 33.7. The number of para-hydroxylation sites is 2. The van der Waals surface area contributed by atoms with Gasteiger partial charge in [-0.05, 0) is 47.5 Å². The van der Waals surface area contributed by atoms with Gasteiger partial charge >= 0.3 is 0 Å². The number of fused-ring (bicyclic) bond motifs is 1. The number of nitro groups is 1. The normalized spacial score (nSPS) is 19.9. The zero-order valence-corrected chi connectivity index (χ0v) is 26.7. The SMILES string of the molecule is O=C(Nc1cccc([C@@H]2O[C@H](CN3CCN(c4ccc([N+](=O)[O-])cc4)CC3)C[C@H](c3ccc(CO)cc3)O2)c1)c1cnc2ccccc2n1. The van der Waals surface area contributed by atoms with E-state index in [4.69, 9.17) is 9.47 Å². The number of rotatable bonds is 9. The zero-order valence-electron chi connectivity index (χ0n) is 26.7. The van der Waals surface area contributed by atoms with Crippen molar-refractivity contribution in [2.45, 2.75) is 31.5 Å². The van der Waals surface area contributed by atoms with Gasteiger partial charge in [0.1, 0.15) is 5.69 Å². The Balaban J connectivity index is 1.05. The lowest BCUT2D eigenvalue weighted by Gasteiger charge is -2.41. The van der Waals surface area contributed by atoms with E-state index in [-0.39, 0.29) is 41.0 Å². The largest absolute Gasteiger partial charge is 0.392 e. The van der Waals surface area contributed by atoms with E-state index in [1.165, 1.54) is 6.20 Å². The lowest BCUT2D eigenvalue weighted by atomic mass is 9.99. The molecule has 0 radical (unpaired) electrons. The maximum atomic E-state index is 13.1. The first kappa shape index (κ1) is 32.3. The fourth-order valence-corrected chi connectivity index (χ4v) is 6.32. The molecule has 2 aliphatic heterocycles. The van der Waals surface area contributed by atoms with Crippen molar-refractivity contribution in [1.29, 1.82) is 0 Å². The van der Waals surface area contributed by atoms with Crippen LogP contribution in [0.5, 0.6) is 0 Å². The molecule has 0 aliphatic carbocycles. The highest BCUT2D eigenvalue weighted by Crippen LogP contribution is 2.39. The molecule has 3 atom stereocenters. The highest BCUT2D eigenvalue weighted by Gasteiger charge is 2.34. The maximum Gasteiger partial charge on any atom is 0.275 e. The van der Waals surface area contributed by atoms with Crippen LogP contribution in [-0.4, -0.2) is 69.6 Å². The van der Waals surface area contributed by atoms with Crippen LogP contribution in [0.25, 0.3) is 11.0 Å². The molecule has 12 heteroatoms. The number of amides is 1. The number of piperazine rings is 1. The number of aromatic nitrogens is 2. The quantitative estimate of drug-likeness (QED) is 0.150. The Kier molecular flexibility index (Phi) is 9.53. The molecule has 2 aliphatic rings. The number of nitrogens with one attached hydrogen (secondary N) is 1. The van der Waals surface area contributed by atoms with Crippen molar-refractivity contribution in [2.24, 2.45) is 0 Å². The number of nitrogens with zero attached hydrogens (tertiary/aromatic N) is 5. The molecule has 12 nitrogen and oxygen atoms in total. The minimum Gasteiger partial charge on any atom is -0.392 e. The Bertz CT molecular complexity index is 1930. The number of carbonyl (C=O) groups is 1. The number of aliphatic hydroxyl groups excluding tert-OH is 1. The molecule has 0 spiro atoms. The third kappa shape index (κ3) is 7.58. The summed E-state index contributed by atoms with van der Waals surface area (Å²) in [5.74, 6) is -0.367. The van der Waals surface area contributed by atoms with E-state index in [0.717, 1.165) is 48.6 Å². The first-order valence-corrected chi connectivity index (χ1v) is 16.3. The third-order valence-corrected chi connectivity index (χ3v) is 8.97. The molecule has 0 saturated carbocycles. The van der Waals surface area contributed by atoms with Crippen molar-refractivity contribution in [2.75, 3.05) is 42.9 Å². The predicted octanol–water partition coefficient (Wildman–Crippen LogP) is 5.65. The molecule has 1 aromatic heterocycles. The first-order valence-electron chi connectivity index (χ1n) is 16.3. The van der Waals surface area contributed by atoms with Gasteiger partial charge in [-0.2, -0.15) is 0 Å². The highest BCUT2D eigenvalue weighted by atomic mass is 16.7. The summed E-state index contributed by atoms with van der Waals surface area (Å²) in [6.07, 6.45) is 1.05. The van der Waals surface area contributed by atoms with Crippen molar-refractivity contribution in [1.82, 2.24) is 14.9 Å². The lowest BCUT2D eigenvalue weighted by molar-refractivity contribution is -0.384. The Labute approximate surface area is 283 Å². The number of ether oxygens (including phenoxy) is 2. The van der Waals surface area contributed by atoms with Gasteiger partial charge in [0.25, 0.3) is 11.6 Å². The minimum atomic E-state index is -0.681. The van der Waals surface area contributed by atoms with Crippen LogP contribution >= 0.6 is 0 Å². The van der Waals surface area contributed by atoms with E-state index in [2.05, 4.69) is 25.1 Å². The molecule has 0 bridgehead atoms. The van der Waals surface area contributed by atoms with Gasteiger partial charge in [0, 0.05) is 68.2 Å². The molecular weight excluding hydrogens is 624 g/mol. The summed E-state index contributed by atoms with van der Waals surface area (Å²) in [6, 6.07) is 29.3. The predicted molar refractivity (Wildman–Crippen MR) is 184 cm³/mol. The van der Waals surface area contributed by atoms with E-state index in [9.17, 15) is 20.0 Å². The van der Waals surface area contributed by atoms with Gasteiger partial charge in [-0.1, -0.05) is 48.5 Å². The lowest BCUT2D eigenvalue weighted by Crippen LogP contribution is -2.49. The average Bonchev–Trinajstić information content (AvgIpc) is 3.15. The van der Waals surface area contributed by atoms with Gasteiger partial charge in [0.2, 0.25) is 0 Å². The summed E-state index contributed by atoms with van der Waals surface area (Å²) < 4.78 is 13.1. The Morgan fingerprint density at radius 3 is 2.39 bits per heavy atom. The Morgan fingerprint density at radius 1 is 0.898 bits per heavy atom. The highest BCUT2D eigenvalue weighted by molar-refractivity contribution is 6.03. The topological polar surface area (TPSA) is 143 Å². The summed E-state index contributed by atoms with van der Waals surface area (Å²) in [4.78, 5) is 37.3. The second kappa shape index (κ2) is 14.5. The van der Waals surface area contributed by atoms with Gasteiger partial charge in [0.05, 0.1) is 41.0 Å². The molecule has 2 saturated heterocycles. The van der Waals surface area contributed by atoms with E-state index < -0.39 is 6.29 Å². The molecule has 7 rings (SSSR count). The molecule has 4 aromatic carbocycles. The standard InChI is InChI=1S/C37H36N6O6/c44-24-25-8-10-26(11-9-25)35-21-31(23-41-16-18-42(19-17-41)29-12-14-30(15-13-29)43(46)47)48-37(49-35)27-4-3-5-28(20-27)39-36(45)34-22-38-32-6-1-2-7-33(32)40-34/h1-15,20,22,31,35,37,44H,16-19,21,23-24H2,(H,39,45)/t31-,35+,37+/m0/s1. The van der Waals surface area contributed by atoms with Crippen LogP contribution in [0, 0.1) is 10.1 Å². The minimum absolute atomic E-state index is 0.0324. The molecule has 250 valence electrons. The molecule has 2 fully saturated rings. The van der Waals surface area contributed by atoms with E-state index in [1.807, 2.05) is 72.8 Å². The van der Waals surface area contributed by atoms with Crippen LogP contribution in [0.2, 0.25) is 0 Å². The van der Waals surface area contributed by atoms with Crippen LogP contribution in [0.4, 0.5) is 17.1 Å². The third-order valence-electron chi connectivity index (χ3n) is 8.97. The van der Waals surface area contributed by atoms with Crippen LogP contribution < -0.4 is 10.2 Å². The van der Waals surface area contributed by atoms with Crippen molar-refractivity contribution >= 4 is 34.0 Å². The molecule has 1 amide bonds. The second-order valence-electron chi connectivity index (χ2n) is 12.2. The maximum absolute atomic E-state index is 13.1. The Hall–Kier alpha value is -5.27. The van der Waals surface area contributed by atoms with Gasteiger partial charge in [-0.25, -0.2) is 4.98 Å². The molecule has 5 aromatic rings. The van der Waals surface area contributed by atoms with E-state index in [1.54, 1.807) is 24.3 Å². The molecule has 3 heterocycles. The van der Waals surface area contributed by atoms with Crippen LogP contribution in [0.15, 0.2) is 103 Å². The summed E-state index contributed by atoms with van der Waals surface area (Å²) >= 11 is 0. The first-order chi connectivity index (χ1) is 23.9. The second-order valence-corrected chi connectivity index (χ2v) is 12.2. The van der Waals surface area contributed by atoms with Crippen molar-refractivity contribution in [3.63, 3.8) is 0 Å². The van der Waals surface area contributed by atoms with Crippen molar-refractivity contribution in [3.8, 4) is 0 Å². The van der Waals surface area contributed by atoms with Crippen molar-refractivity contribution < 1.29 is 24.3 Å². The summed E-state index contributed by atoms with van der Waals surface area (Å²) in [7, 11) is 0.